The number of aryl methyl sites for hydroxylation is 1. The number of nitrogens with zero attached hydrogens (tertiary/aromatic N) is 1. The van der Waals surface area contributed by atoms with Crippen LogP contribution in [0.2, 0.25) is 0 Å². The summed E-state index contributed by atoms with van der Waals surface area (Å²) in [6, 6.07) is 17.9. The van der Waals surface area contributed by atoms with Gasteiger partial charge in [-0.2, -0.15) is 0 Å². The van der Waals surface area contributed by atoms with Crippen LogP contribution in [0.1, 0.15) is 38.2 Å². The molecule has 3 aromatic carbocycles. The van der Waals surface area contributed by atoms with Gasteiger partial charge in [0, 0.05) is 29.8 Å². The number of carbonyl (C=O) groups excluding carboxylic acids is 1. The van der Waals surface area contributed by atoms with Crippen LogP contribution in [-0.4, -0.2) is 24.5 Å². The van der Waals surface area contributed by atoms with Gasteiger partial charge in [0.25, 0.3) is 0 Å². The Labute approximate surface area is 187 Å². The van der Waals surface area contributed by atoms with E-state index in [-0.39, 0.29) is 5.78 Å². The van der Waals surface area contributed by atoms with Crippen LogP contribution >= 0.6 is 0 Å². The highest BCUT2D eigenvalue weighted by atomic mass is 16.5. The van der Waals surface area contributed by atoms with Crippen molar-refractivity contribution in [1.82, 2.24) is 4.90 Å². The number of rotatable bonds is 4. The summed E-state index contributed by atoms with van der Waals surface area (Å²) in [6.07, 6.45) is 1.80. The topological polar surface area (TPSA) is 48.0 Å². The fraction of sp³-hybridized carbons (Fsp3) is 0.222. The SMILES string of the molecule is COc1ccccc1CN1COc2c(cc3c(c2C)O/C(=C\c2ccc(C)cc2)C3=O)C1. The molecule has 5 rings (SSSR count). The third-order valence-corrected chi connectivity index (χ3v) is 5.96. The van der Waals surface area contributed by atoms with Crippen molar-refractivity contribution in [2.45, 2.75) is 26.9 Å². The fourth-order valence-electron chi connectivity index (χ4n) is 4.29. The van der Waals surface area contributed by atoms with Crippen molar-refractivity contribution < 1.29 is 19.0 Å². The van der Waals surface area contributed by atoms with Crippen molar-refractivity contribution in [2.75, 3.05) is 13.8 Å². The minimum absolute atomic E-state index is 0.0895. The number of carbonyl (C=O) groups is 1. The Morgan fingerprint density at radius 3 is 2.62 bits per heavy atom. The molecule has 0 aliphatic carbocycles. The first-order valence-electron chi connectivity index (χ1n) is 10.7. The molecule has 0 bridgehead atoms. The van der Waals surface area contributed by atoms with E-state index in [1.165, 1.54) is 5.56 Å². The Hall–Kier alpha value is -3.57. The van der Waals surface area contributed by atoms with Gasteiger partial charge in [0.1, 0.15) is 24.0 Å². The molecule has 5 heteroatoms. The highest BCUT2D eigenvalue weighted by Crippen LogP contribution is 2.43. The summed E-state index contributed by atoms with van der Waals surface area (Å²) in [4.78, 5) is 15.3. The van der Waals surface area contributed by atoms with Crippen molar-refractivity contribution in [3.05, 3.63) is 93.7 Å². The second-order valence-electron chi connectivity index (χ2n) is 8.29. The molecule has 162 valence electrons. The van der Waals surface area contributed by atoms with Gasteiger partial charge in [0.2, 0.25) is 5.78 Å². The van der Waals surface area contributed by atoms with Crippen molar-refractivity contribution in [2.24, 2.45) is 0 Å². The summed E-state index contributed by atoms with van der Waals surface area (Å²) >= 11 is 0. The van der Waals surface area contributed by atoms with Crippen LogP contribution in [0.25, 0.3) is 6.08 Å². The largest absolute Gasteiger partial charge is 0.496 e. The number of fused-ring (bicyclic) bond motifs is 2. The average Bonchev–Trinajstić information content (AvgIpc) is 3.11. The molecule has 0 saturated heterocycles. The third-order valence-electron chi connectivity index (χ3n) is 5.96. The maximum atomic E-state index is 13.1. The number of benzene rings is 3. The van der Waals surface area contributed by atoms with E-state index in [0.717, 1.165) is 33.8 Å². The van der Waals surface area contributed by atoms with Crippen molar-refractivity contribution in [1.29, 1.82) is 0 Å². The van der Waals surface area contributed by atoms with Gasteiger partial charge < -0.3 is 14.2 Å². The summed E-state index contributed by atoms with van der Waals surface area (Å²) in [5.41, 5.74) is 5.68. The van der Waals surface area contributed by atoms with Gasteiger partial charge in [0.15, 0.2) is 5.76 Å². The number of ether oxygens (including phenoxy) is 3. The second-order valence-corrected chi connectivity index (χ2v) is 8.29. The molecule has 2 aliphatic rings. The number of hydrogen-bond acceptors (Lipinski definition) is 5. The molecule has 0 atom stereocenters. The zero-order valence-electron chi connectivity index (χ0n) is 18.5. The minimum Gasteiger partial charge on any atom is -0.496 e. The monoisotopic (exact) mass is 427 g/mol. The standard InChI is InChI=1S/C27H25NO4/c1-17-8-10-19(11-9-17)12-24-25(29)22-13-21-15-28(14-20-6-4-5-7-23(20)30-3)16-31-26(21)18(2)27(22)32-24/h4-13H,14-16H2,1-3H3/b24-12-. The molecular weight excluding hydrogens is 402 g/mol. The molecule has 5 nitrogen and oxygen atoms in total. The van der Waals surface area contributed by atoms with Gasteiger partial charge in [-0.05, 0) is 37.6 Å². The summed E-state index contributed by atoms with van der Waals surface area (Å²) in [7, 11) is 1.68. The Bertz CT molecular complexity index is 1230. The molecule has 3 aromatic rings. The highest BCUT2D eigenvalue weighted by Gasteiger charge is 2.33. The van der Waals surface area contributed by atoms with Crippen molar-refractivity contribution in [3.8, 4) is 17.2 Å². The Balaban J connectivity index is 1.42. The summed E-state index contributed by atoms with van der Waals surface area (Å²) in [5.74, 6) is 2.53. The molecule has 0 aromatic heterocycles. The van der Waals surface area contributed by atoms with E-state index in [9.17, 15) is 4.79 Å². The van der Waals surface area contributed by atoms with Crippen LogP contribution in [0.15, 0.2) is 60.4 Å². The number of Topliss-reactive ketones (excluding diaryl/α,β-unsaturated/α-hetero) is 1. The van der Waals surface area contributed by atoms with Crippen LogP contribution in [0, 0.1) is 13.8 Å². The first-order chi connectivity index (χ1) is 15.5. The lowest BCUT2D eigenvalue weighted by Gasteiger charge is -2.30. The van der Waals surface area contributed by atoms with Gasteiger partial charge in [-0.1, -0.05) is 48.0 Å². The molecule has 0 amide bonds. The van der Waals surface area contributed by atoms with Crippen LogP contribution in [0.3, 0.4) is 0 Å². The van der Waals surface area contributed by atoms with E-state index in [4.69, 9.17) is 14.2 Å². The van der Waals surface area contributed by atoms with Crippen molar-refractivity contribution in [3.63, 3.8) is 0 Å². The first-order valence-corrected chi connectivity index (χ1v) is 10.7. The van der Waals surface area contributed by atoms with E-state index in [0.29, 0.717) is 36.9 Å². The first kappa shape index (κ1) is 20.3. The number of methoxy groups -OCH3 is 1. The molecule has 0 N–H and O–H groups in total. The summed E-state index contributed by atoms with van der Waals surface area (Å²) in [5, 5.41) is 0. The lowest BCUT2D eigenvalue weighted by Crippen LogP contribution is -2.32. The van der Waals surface area contributed by atoms with E-state index in [2.05, 4.69) is 11.0 Å². The lowest BCUT2D eigenvalue weighted by molar-refractivity contribution is 0.0869. The Morgan fingerprint density at radius 1 is 1.06 bits per heavy atom. The molecule has 0 spiro atoms. The predicted octanol–water partition coefficient (Wildman–Crippen LogP) is 5.28. The number of allylic oxidation sites excluding steroid dienone is 1. The van der Waals surface area contributed by atoms with Crippen molar-refractivity contribution >= 4 is 11.9 Å². The number of ketones is 1. The minimum atomic E-state index is -0.0895. The maximum Gasteiger partial charge on any atom is 0.231 e. The Morgan fingerprint density at radius 2 is 1.84 bits per heavy atom. The van der Waals surface area contributed by atoms with E-state index >= 15 is 0 Å². The highest BCUT2D eigenvalue weighted by molar-refractivity contribution is 6.15. The quantitative estimate of drug-likeness (QED) is 0.530. The van der Waals surface area contributed by atoms with E-state index < -0.39 is 0 Å². The molecule has 2 heterocycles. The zero-order chi connectivity index (χ0) is 22.2. The van der Waals surface area contributed by atoms with Gasteiger partial charge >= 0.3 is 0 Å². The smallest absolute Gasteiger partial charge is 0.231 e. The summed E-state index contributed by atoms with van der Waals surface area (Å²) < 4.78 is 17.6. The van der Waals surface area contributed by atoms with Crippen LogP contribution < -0.4 is 14.2 Å². The van der Waals surface area contributed by atoms with E-state index in [1.807, 2.05) is 62.4 Å². The molecule has 0 saturated carbocycles. The predicted molar refractivity (Wildman–Crippen MR) is 123 cm³/mol. The van der Waals surface area contributed by atoms with Gasteiger partial charge in [-0.15, -0.1) is 0 Å². The van der Waals surface area contributed by atoms with Gasteiger partial charge in [0.05, 0.1) is 12.7 Å². The lowest BCUT2D eigenvalue weighted by atomic mass is 9.99. The molecule has 0 fully saturated rings. The Kier molecular flexibility index (Phi) is 5.19. The average molecular weight is 428 g/mol. The summed E-state index contributed by atoms with van der Waals surface area (Å²) in [6.45, 7) is 5.84. The molecule has 2 aliphatic heterocycles. The van der Waals surface area contributed by atoms with Gasteiger partial charge in [-0.3, -0.25) is 9.69 Å². The zero-order valence-corrected chi connectivity index (χ0v) is 18.5. The number of para-hydroxylation sites is 1. The fourth-order valence-corrected chi connectivity index (χ4v) is 4.29. The molecule has 32 heavy (non-hydrogen) atoms. The van der Waals surface area contributed by atoms with Crippen LogP contribution in [-0.2, 0) is 13.1 Å². The second kappa shape index (κ2) is 8.17. The number of hydrogen-bond donors (Lipinski definition) is 0. The van der Waals surface area contributed by atoms with Gasteiger partial charge in [-0.25, -0.2) is 0 Å². The molecule has 0 unspecified atom stereocenters. The molecule has 0 radical (unpaired) electrons. The maximum absolute atomic E-state index is 13.1. The molecular formula is C27H25NO4. The van der Waals surface area contributed by atoms with Crippen LogP contribution in [0.5, 0.6) is 17.2 Å². The third kappa shape index (κ3) is 3.65. The van der Waals surface area contributed by atoms with E-state index in [1.54, 1.807) is 13.2 Å². The normalized spacial score (nSPS) is 16.3. The van der Waals surface area contributed by atoms with Crippen LogP contribution in [0.4, 0.5) is 0 Å².